The number of carbonyl (C=O) groups is 1. The van der Waals surface area contributed by atoms with Crippen LogP contribution in [0.4, 0.5) is 5.69 Å². The van der Waals surface area contributed by atoms with Crippen LogP contribution in [-0.2, 0) is 0 Å². The largest absolute Gasteiger partial charge is 0.322 e. The highest BCUT2D eigenvalue weighted by atomic mass is 16.1. The summed E-state index contributed by atoms with van der Waals surface area (Å²) in [5.41, 5.74) is 5.78. The lowest BCUT2D eigenvalue weighted by molar-refractivity contribution is 0.102. The summed E-state index contributed by atoms with van der Waals surface area (Å²) in [7, 11) is 0. The number of amides is 1. The quantitative estimate of drug-likeness (QED) is 0.705. The minimum absolute atomic E-state index is 0.0850. The molecule has 0 radical (unpaired) electrons. The van der Waals surface area contributed by atoms with Gasteiger partial charge in [-0.25, -0.2) is 0 Å². The smallest absolute Gasteiger partial charge is 0.256 e. The molecular weight excluding hydrogens is 282 g/mol. The predicted molar refractivity (Wildman–Crippen MR) is 95.7 cm³/mol. The highest BCUT2D eigenvalue weighted by Gasteiger charge is 2.13. The average molecular weight is 301 g/mol. The number of benzene rings is 3. The van der Waals surface area contributed by atoms with Gasteiger partial charge < -0.3 is 5.32 Å². The molecule has 0 aliphatic rings. The van der Waals surface area contributed by atoms with E-state index in [4.69, 9.17) is 0 Å². The van der Waals surface area contributed by atoms with Gasteiger partial charge in [-0.3, -0.25) is 4.79 Å². The Labute approximate surface area is 136 Å². The maximum atomic E-state index is 12.8. The second-order valence-electron chi connectivity index (χ2n) is 5.61. The Morgan fingerprint density at radius 1 is 0.783 bits per heavy atom. The Hall–Kier alpha value is -2.87. The predicted octanol–water partition coefficient (Wildman–Crippen LogP) is 5.22. The van der Waals surface area contributed by atoms with Crippen molar-refractivity contribution in [2.45, 2.75) is 13.8 Å². The molecule has 114 valence electrons. The normalized spacial score (nSPS) is 10.3. The zero-order chi connectivity index (χ0) is 16.2. The molecule has 0 bridgehead atoms. The van der Waals surface area contributed by atoms with Crippen molar-refractivity contribution in [1.82, 2.24) is 0 Å². The Balaban J connectivity index is 1.96. The van der Waals surface area contributed by atoms with Gasteiger partial charge in [0.25, 0.3) is 5.91 Å². The lowest BCUT2D eigenvalue weighted by Gasteiger charge is -2.13. The van der Waals surface area contributed by atoms with Crippen LogP contribution in [0.25, 0.3) is 11.1 Å². The van der Waals surface area contributed by atoms with Crippen LogP contribution >= 0.6 is 0 Å². The van der Waals surface area contributed by atoms with E-state index in [1.54, 1.807) is 0 Å². The standard InChI is InChI=1S/C21H19NO/c1-15-9-8-14-20(16(15)2)22-21(23)19-13-7-6-12-18(19)17-10-4-3-5-11-17/h3-14H,1-2H3,(H,22,23). The van der Waals surface area contributed by atoms with E-state index in [9.17, 15) is 4.79 Å². The first-order valence-corrected chi connectivity index (χ1v) is 7.69. The van der Waals surface area contributed by atoms with Gasteiger partial charge in [-0.1, -0.05) is 60.7 Å². The van der Waals surface area contributed by atoms with Crippen LogP contribution in [0.5, 0.6) is 0 Å². The number of rotatable bonds is 3. The first kappa shape index (κ1) is 15.0. The van der Waals surface area contributed by atoms with E-state index < -0.39 is 0 Å². The van der Waals surface area contributed by atoms with Crippen LogP contribution in [0.15, 0.2) is 72.8 Å². The SMILES string of the molecule is Cc1cccc(NC(=O)c2ccccc2-c2ccccc2)c1C. The minimum Gasteiger partial charge on any atom is -0.322 e. The van der Waals surface area contributed by atoms with Crippen molar-refractivity contribution in [1.29, 1.82) is 0 Å². The molecule has 3 aromatic rings. The summed E-state index contributed by atoms with van der Waals surface area (Å²) >= 11 is 0. The average Bonchev–Trinajstić information content (AvgIpc) is 2.60. The highest BCUT2D eigenvalue weighted by Crippen LogP contribution is 2.25. The molecule has 3 aromatic carbocycles. The number of hydrogen-bond donors (Lipinski definition) is 1. The fraction of sp³-hybridized carbons (Fsp3) is 0.0952. The van der Waals surface area contributed by atoms with Crippen LogP contribution < -0.4 is 5.32 Å². The summed E-state index contributed by atoms with van der Waals surface area (Å²) in [5.74, 6) is -0.0850. The third-order valence-electron chi connectivity index (χ3n) is 4.11. The molecule has 0 saturated carbocycles. The van der Waals surface area contributed by atoms with E-state index in [1.807, 2.05) is 86.6 Å². The molecule has 0 saturated heterocycles. The number of nitrogens with one attached hydrogen (secondary N) is 1. The van der Waals surface area contributed by atoms with Gasteiger partial charge in [0.1, 0.15) is 0 Å². The molecule has 0 aromatic heterocycles. The summed E-state index contributed by atoms with van der Waals surface area (Å²) < 4.78 is 0. The van der Waals surface area contributed by atoms with Crippen molar-refractivity contribution in [3.8, 4) is 11.1 Å². The van der Waals surface area contributed by atoms with Crippen molar-refractivity contribution in [2.24, 2.45) is 0 Å². The highest BCUT2D eigenvalue weighted by molar-refractivity contribution is 6.09. The number of anilines is 1. The third-order valence-corrected chi connectivity index (χ3v) is 4.11. The van der Waals surface area contributed by atoms with Crippen molar-refractivity contribution < 1.29 is 4.79 Å². The molecule has 23 heavy (non-hydrogen) atoms. The Morgan fingerprint density at radius 3 is 2.26 bits per heavy atom. The third kappa shape index (κ3) is 3.16. The topological polar surface area (TPSA) is 29.1 Å². The molecule has 0 spiro atoms. The molecule has 0 aliphatic heterocycles. The number of hydrogen-bond acceptors (Lipinski definition) is 1. The van der Waals surface area contributed by atoms with E-state index in [-0.39, 0.29) is 5.91 Å². The van der Waals surface area contributed by atoms with Gasteiger partial charge in [0, 0.05) is 11.3 Å². The molecule has 1 amide bonds. The summed E-state index contributed by atoms with van der Waals surface area (Å²) in [4.78, 5) is 12.8. The molecule has 0 unspecified atom stereocenters. The molecule has 0 fully saturated rings. The van der Waals surface area contributed by atoms with Crippen LogP contribution in [0.2, 0.25) is 0 Å². The monoisotopic (exact) mass is 301 g/mol. The molecule has 0 aliphatic carbocycles. The lowest BCUT2D eigenvalue weighted by Crippen LogP contribution is -2.14. The first-order chi connectivity index (χ1) is 11.2. The van der Waals surface area contributed by atoms with Gasteiger partial charge in [0.05, 0.1) is 0 Å². The Bertz CT molecular complexity index is 837. The van der Waals surface area contributed by atoms with Crippen LogP contribution in [0.1, 0.15) is 21.5 Å². The molecule has 0 atom stereocenters. The zero-order valence-corrected chi connectivity index (χ0v) is 13.3. The van der Waals surface area contributed by atoms with Crippen molar-refractivity contribution >= 4 is 11.6 Å². The summed E-state index contributed by atoms with van der Waals surface area (Å²) in [6, 6.07) is 23.6. The molecule has 1 N–H and O–H groups in total. The van der Waals surface area contributed by atoms with Crippen LogP contribution in [-0.4, -0.2) is 5.91 Å². The molecule has 2 heteroatoms. The summed E-state index contributed by atoms with van der Waals surface area (Å²) in [5, 5.41) is 3.04. The second-order valence-corrected chi connectivity index (χ2v) is 5.61. The Kier molecular flexibility index (Phi) is 4.24. The molecule has 2 nitrogen and oxygen atoms in total. The fourth-order valence-electron chi connectivity index (χ4n) is 2.63. The summed E-state index contributed by atoms with van der Waals surface area (Å²) in [6.07, 6.45) is 0. The number of carbonyl (C=O) groups excluding carboxylic acids is 1. The second kappa shape index (κ2) is 6.49. The van der Waals surface area contributed by atoms with Crippen LogP contribution in [0, 0.1) is 13.8 Å². The van der Waals surface area contributed by atoms with Crippen molar-refractivity contribution in [3.05, 3.63) is 89.5 Å². The van der Waals surface area contributed by atoms with Gasteiger partial charge in [0.15, 0.2) is 0 Å². The lowest BCUT2D eigenvalue weighted by atomic mass is 9.99. The summed E-state index contributed by atoms with van der Waals surface area (Å²) in [6.45, 7) is 4.07. The maximum absolute atomic E-state index is 12.8. The minimum atomic E-state index is -0.0850. The van der Waals surface area contributed by atoms with E-state index in [0.29, 0.717) is 5.56 Å². The van der Waals surface area contributed by atoms with Gasteiger partial charge in [0.2, 0.25) is 0 Å². The Morgan fingerprint density at radius 2 is 1.48 bits per heavy atom. The van der Waals surface area contributed by atoms with Crippen LogP contribution in [0.3, 0.4) is 0 Å². The first-order valence-electron chi connectivity index (χ1n) is 7.69. The van der Waals surface area contributed by atoms with E-state index in [2.05, 4.69) is 5.32 Å². The number of aryl methyl sites for hydroxylation is 1. The van der Waals surface area contributed by atoms with Gasteiger partial charge in [-0.05, 0) is 48.2 Å². The van der Waals surface area contributed by atoms with E-state index in [0.717, 1.165) is 22.4 Å². The van der Waals surface area contributed by atoms with Gasteiger partial charge >= 0.3 is 0 Å². The molecule has 3 rings (SSSR count). The fourth-order valence-corrected chi connectivity index (χ4v) is 2.63. The van der Waals surface area contributed by atoms with E-state index in [1.165, 1.54) is 5.56 Å². The van der Waals surface area contributed by atoms with Gasteiger partial charge in [-0.2, -0.15) is 0 Å². The van der Waals surface area contributed by atoms with Crippen molar-refractivity contribution in [3.63, 3.8) is 0 Å². The molecular formula is C21H19NO. The van der Waals surface area contributed by atoms with Crippen molar-refractivity contribution in [2.75, 3.05) is 5.32 Å². The van der Waals surface area contributed by atoms with E-state index >= 15 is 0 Å². The van der Waals surface area contributed by atoms with Gasteiger partial charge in [-0.15, -0.1) is 0 Å². The maximum Gasteiger partial charge on any atom is 0.256 e. The molecule has 0 heterocycles. The zero-order valence-electron chi connectivity index (χ0n) is 13.3.